The van der Waals surface area contributed by atoms with Gasteiger partial charge < -0.3 is 4.74 Å². The van der Waals surface area contributed by atoms with Gasteiger partial charge in [0.1, 0.15) is 5.75 Å². The van der Waals surface area contributed by atoms with Crippen molar-refractivity contribution in [2.24, 2.45) is 0 Å². The number of nitrogens with one attached hydrogen (secondary N) is 2. The number of hydrazine groups is 1. The Labute approximate surface area is 152 Å². The van der Waals surface area contributed by atoms with Crippen molar-refractivity contribution in [2.75, 3.05) is 6.61 Å². The lowest BCUT2D eigenvalue weighted by Crippen LogP contribution is -2.43. The van der Waals surface area contributed by atoms with E-state index in [0.717, 1.165) is 16.7 Å². The van der Waals surface area contributed by atoms with E-state index < -0.39 is 11.8 Å². The van der Waals surface area contributed by atoms with E-state index in [2.05, 4.69) is 10.9 Å². The Balaban J connectivity index is 1.76. The normalized spacial score (nSPS) is 10.2. The quantitative estimate of drug-likeness (QED) is 0.641. The number of rotatable bonds is 5. The first-order chi connectivity index (χ1) is 12.5. The van der Waals surface area contributed by atoms with Gasteiger partial charge in [-0.15, -0.1) is 0 Å². The number of hydrogen-bond acceptors (Lipinski definition) is 4. The van der Waals surface area contributed by atoms with Gasteiger partial charge in [-0.05, 0) is 55.3 Å². The van der Waals surface area contributed by atoms with Crippen molar-refractivity contribution in [3.8, 4) is 11.8 Å². The maximum absolute atomic E-state index is 11.8. The lowest BCUT2D eigenvalue weighted by atomic mass is 10.1. The predicted octanol–water partition coefficient (Wildman–Crippen LogP) is 2.41. The summed E-state index contributed by atoms with van der Waals surface area (Å²) in [6.07, 6.45) is 3.03. The highest BCUT2D eigenvalue weighted by molar-refractivity contribution is 5.93. The number of benzene rings is 2. The molecule has 2 amide bonds. The first kappa shape index (κ1) is 18.7. The summed E-state index contributed by atoms with van der Waals surface area (Å²) in [4.78, 5) is 23.4. The van der Waals surface area contributed by atoms with Gasteiger partial charge in [0, 0.05) is 6.08 Å². The van der Waals surface area contributed by atoms with Gasteiger partial charge in [0.25, 0.3) is 11.8 Å². The molecule has 0 atom stereocenters. The number of nitrogens with zero attached hydrogens (tertiary/aromatic N) is 1. The molecule has 0 aliphatic heterocycles. The van der Waals surface area contributed by atoms with E-state index in [1.807, 2.05) is 38.1 Å². The molecular formula is C20H19N3O3. The summed E-state index contributed by atoms with van der Waals surface area (Å²) >= 11 is 0. The molecule has 26 heavy (non-hydrogen) atoms. The van der Waals surface area contributed by atoms with Crippen molar-refractivity contribution < 1.29 is 14.3 Å². The summed E-state index contributed by atoms with van der Waals surface area (Å²) in [5.41, 5.74) is 8.21. The average Bonchev–Trinajstić information content (AvgIpc) is 2.64. The highest BCUT2D eigenvalue weighted by Gasteiger charge is 2.04. The van der Waals surface area contributed by atoms with Gasteiger partial charge in [-0.2, -0.15) is 5.26 Å². The number of amides is 2. The fraction of sp³-hybridized carbons (Fsp3) is 0.150. The van der Waals surface area contributed by atoms with Crippen LogP contribution in [0, 0.1) is 25.2 Å². The van der Waals surface area contributed by atoms with Crippen LogP contribution in [0.2, 0.25) is 0 Å². The summed E-state index contributed by atoms with van der Waals surface area (Å²) in [5, 5.41) is 8.71. The number of carbonyl (C=O) groups excluding carboxylic acids is 2. The van der Waals surface area contributed by atoms with Crippen molar-refractivity contribution in [1.82, 2.24) is 10.9 Å². The zero-order chi connectivity index (χ0) is 18.9. The number of hydrogen-bond donors (Lipinski definition) is 2. The summed E-state index contributed by atoms with van der Waals surface area (Å²) in [6.45, 7) is 3.71. The Morgan fingerprint density at radius 2 is 1.85 bits per heavy atom. The van der Waals surface area contributed by atoms with Gasteiger partial charge in [-0.3, -0.25) is 20.4 Å². The Bertz CT molecular complexity index is 865. The summed E-state index contributed by atoms with van der Waals surface area (Å²) < 4.78 is 5.27. The van der Waals surface area contributed by atoms with Gasteiger partial charge in [0.15, 0.2) is 6.61 Å². The van der Waals surface area contributed by atoms with E-state index in [1.165, 1.54) is 6.08 Å². The number of carbonyl (C=O) groups is 2. The minimum absolute atomic E-state index is 0.257. The summed E-state index contributed by atoms with van der Waals surface area (Å²) in [5.74, 6) is -0.487. The largest absolute Gasteiger partial charge is 0.484 e. The van der Waals surface area contributed by atoms with Crippen LogP contribution in [0.25, 0.3) is 6.08 Å². The van der Waals surface area contributed by atoms with Gasteiger partial charge in [-0.25, -0.2) is 0 Å². The minimum atomic E-state index is -0.498. The molecule has 0 unspecified atom stereocenters. The monoisotopic (exact) mass is 349 g/mol. The summed E-state index contributed by atoms with van der Waals surface area (Å²) in [7, 11) is 0. The Morgan fingerprint density at radius 3 is 2.50 bits per heavy atom. The molecule has 2 aromatic rings. The molecule has 0 fully saturated rings. The molecule has 0 aliphatic carbocycles. The molecule has 0 saturated carbocycles. The highest BCUT2D eigenvalue weighted by atomic mass is 16.5. The molecule has 0 bridgehead atoms. The van der Waals surface area contributed by atoms with E-state index in [9.17, 15) is 9.59 Å². The zero-order valence-electron chi connectivity index (χ0n) is 14.6. The third-order valence-electron chi connectivity index (χ3n) is 3.52. The molecule has 6 heteroatoms. The van der Waals surface area contributed by atoms with Crippen molar-refractivity contribution in [3.63, 3.8) is 0 Å². The van der Waals surface area contributed by atoms with Crippen molar-refractivity contribution in [3.05, 3.63) is 70.8 Å². The molecule has 2 rings (SSSR count). The second-order valence-electron chi connectivity index (χ2n) is 5.66. The van der Waals surface area contributed by atoms with Crippen LogP contribution in [0.3, 0.4) is 0 Å². The Morgan fingerprint density at radius 1 is 1.12 bits per heavy atom. The molecule has 0 aliphatic rings. The lowest BCUT2D eigenvalue weighted by Gasteiger charge is -2.07. The minimum Gasteiger partial charge on any atom is -0.484 e. The Hall–Kier alpha value is -3.59. The average molecular weight is 349 g/mol. The van der Waals surface area contributed by atoms with Crippen LogP contribution >= 0.6 is 0 Å². The SMILES string of the molecule is Cc1ccc(/C=C/C(=O)NNC(=O)COc2ccc(C#N)cc2)c(C)c1. The van der Waals surface area contributed by atoms with Gasteiger partial charge in [0.05, 0.1) is 11.6 Å². The lowest BCUT2D eigenvalue weighted by molar-refractivity contribution is -0.128. The Kier molecular flexibility index (Phi) is 6.52. The molecule has 2 aromatic carbocycles. The van der Waals surface area contributed by atoms with Crippen molar-refractivity contribution >= 4 is 17.9 Å². The van der Waals surface area contributed by atoms with E-state index in [4.69, 9.17) is 10.00 Å². The van der Waals surface area contributed by atoms with E-state index in [0.29, 0.717) is 11.3 Å². The molecule has 0 heterocycles. The van der Waals surface area contributed by atoms with Crippen LogP contribution in [0.1, 0.15) is 22.3 Å². The molecule has 0 spiro atoms. The second kappa shape index (κ2) is 9.04. The summed E-state index contributed by atoms with van der Waals surface area (Å²) in [6, 6.07) is 14.3. The standard InChI is InChI=1S/C20H19N3O3/c1-14-3-6-17(15(2)11-14)7-10-19(24)22-23-20(25)13-26-18-8-4-16(12-21)5-9-18/h3-11H,13H2,1-2H3,(H,22,24)(H,23,25)/b10-7+. The third-order valence-corrected chi connectivity index (χ3v) is 3.52. The molecule has 132 valence electrons. The smallest absolute Gasteiger partial charge is 0.276 e. The zero-order valence-corrected chi connectivity index (χ0v) is 14.6. The molecule has 6 nitrogen and oxygen atoms in total. The number of ether oxygens (including phenoxy) is 1. The molecular weight excluding hydrogens is 330 g/mol. The number of nitriles is 1. The van der Waals surface area contributed by atoms with Crippen LogP contribution in [-0.4, -0.2) is 18.4 Å². The van der Waals surface area contributed by atoms with E-state index >= 15 is 0 Å². The fourth-order valence-electron chi connectivity index (χ4n) is 2.16. The maximum atomic E-state index is 11.8. The molecule has 0 aromatic heterocycles. The second-order valence-corrected chi connectivity index (χ2v) is 5.66. The van der Waals surface area contributed by atoms with Crippen LogP contribution in [0.15, 0.2) is 48.5 Å². The molecule has 0 radical (unpaired) electrons. The van der Waals surface area contributed by atoms with E-state index in [-0.39, 0.29) is 6.61 Å². The van der Waals surface area contributed by atoms with Crippen molar-refractivity contribution in [1.29, 1.82) is 5.26 Å². The molecule has 2 N–H and O–H groups in total. The van der Waals surface area contributed by atoms with Crippen LogP contribution in [0.5, 0.6) is 5.75 Å². The van der Waals surface area contributed by atoms with Crippen molar-refractivity contribution in [2.45, 2.75) is 13.8 Å². The third kappa shape index (κ3) is 5.80. The van der Waals surface area contributed by atoms with Crippen LogP contribution in [0.4, 0.5) is 0 Å². The maximum Gasteiger partial charge on any atom is 0.276 e. The van der Waals surface area contributed by atoms with Gasteiger partial charge in [0.2, 0.25) is 0 Å². The first-order valence-corrected chi connectivity index (χ1v) is 7.95. The van der Waals surface area contributed by atoms with E-state index in [1.54, 1.807) is 30.3 Å². The van der Waals surface area contributed by atoms with Gasteiger partial charge >= 0.3 is 0 Å². The van der Waals surface area contributed by atoms with Gasteiger partial charge in [-0.1, -0.05) is 23.8 Å². The topological polar surface area (TPSA) is 91.2 Å². The van der Waals surface area contributed by atoms with Crippen LogP contribution in [-0.2, 0) is 9.59 Å². The fourth-order valence-corrected chi connectivity index (χ4v) is 2.16. The number of aryl methyl sites for hydroxylation is 2. The predicted molar refractivity (Wildman–Crippen MR) is 97.9 cm³/mol. The molecule has 0 saturated heterocycles. The first-order valence-electron chi connectivity index (χ1n) is 7.95. The highest BCUT2D eigenvalue weighted by Crippen LogP contribution is 2.12. The van der Waals surface area contributed by atoms with Crippen LogP contribution < -0.4 is 15.6 Å².